The van der Waals surface area contributed by atoms with Gasteiger partial charge in [0.25, 0.3) is 0 Å². The van der Waals surface area contributed by atoms with Crippen LogP contribution in [0.1, 0.15) is 56.2 Å². The molecule has 1 aromatic carbocycles. The first kappa shape index (κ1) is 21.4. The van der Waals surface area contributed by atoms with Crippen LogP contribution in [0.4, 0.5) is 0 Å². The molecule has 0 unspecified atom stereocenters. The number of carbonyl (C=O) groups excluding carboxylic acids is 1. The normalized spacial score (nSPS) is 24.0. The number of amides is 1. The Morgan fingerprint density at radius 3 is 2.50 bits per heavy atom. The number of rotatable bonds is 5. The van der Waals surface area contributed by atoms with Crippen molar-refractivity contribution in [1.29, 1.82) is 0 Å². The van der Waals surface area contributed by atoms with E-state index in [0.29, 0.717) is 5.91 Å². The number of methoxy groups -OCH3 is 1. The molecule has 1 aromatic heterocycles. The van der Waals surface area contributed by atoms with Gasteiger partial charge >= 0.3 is 0 Å². The zero-order valence-corrected chi connectivity index (χ0v) is 19.1. The highest BCUT2D eigenvalue weighted by atomic mass is 16.5. The van der Waals surface area contributed by atoms with Gasteiger partial charge in [-0.15, -0.1) is 0 Å². The maximum Gasteiger partial charge on any atom is 0.233 e. The summed E-state index contributed by atoms with van der Waals surface area (Å²) in [7, 11) is 1.68. The lowest BCUT2D eigenvalue weighted by molar-refractivity contribution is -0.139. The Bertz CT molecular complexity index is 914. The highest BCUT2D eigenvalue weighted by Crippen LogP contribution is 2.46. The van der Waals surface area contributed by atoms with Crippen LogP contribution in [0.15, 0.2) is 48.7 Å². The van der Waals surface area contributed by atoms with Crippen LogP contribution in [0.5, 0.6) is 5.75 Å². The number of carbonyl (C=O) groups is 1. The minimum atomic E-state index is -0.357. The third-order valence-electron chi connectivity index (χ3n) is 8.07. The summed E-state index contributed by atoms with van der Waals surface area (Å²) in [4.78, 5) is 20.4. The molecule has 2 saturated heterocycles. The van der Waals surface area contributed by atoms with Gasteiger partial charge in [0, 0.05) is 31.4 Å². The summed E-state index contributed by atoms with van der Waals surface area (Å²) in [5.74, 6) is 1.18. The molecule has 1 saturated carbocycles. The Balaban J connectivity index is 1.24. The topological polar surface area (TPSA) is 51.7 Å². The number of benzene rings is 1. The van der Waals surface area contributed by atoms with Crippen molar-refractivity contribution in [3.05, 3.63) is 59.9 Å². The van der Waals surface area contributed by atoms with Gasteiger partial charge in [-0.05, 0) is 67.3 Å². The van der Waals surface area contributed by atoms with Gasteiger partial charge in [-0.25, -0.2) is 0 Å². The summed E-state index contributed by atoms with van der Waals surface area (Å²) < 4.78 is 11.5. The summed E-state index contributed by atoms with van der Waals surface area (Å²) >= 11 is 0. The molecule has 1 amide bonds. The Morgan fingerprint density at radius 2 is 1.84 bits per heavy atom. The summed E-state index contributed by atoms with van der Waals surface area (Å²) in [5.41, 5.74) is 2.12. The molecule has 1 spiro atoms. The molecule has 2 aromatic rings. The molecule has 1 aliphatic carbocycles. The lowest BCUT2D eigenvalue weighted by Crippen LogP contribution is -2.50. The van der Waals surface area contributed by atoms with E-state index in [4.69, 9.17) is 9.47 Å². The molecular formula is C27H34N2O3. The monoisotopic (exact) mass is 434 g/mol. The van der Waals surface area contributed by atoms with Crippen molar-refractivity contribution in [2.45, 2.75) is 62.9 Å². The van der Waals surface area contributed by atoms with Gasteiger partial charge in [-0.2, -0.15) is 0 Å². The first-order valence-corrected chi connectivity index (χ1v) is 12.1. The van der Waals surface area contributed by atoms with Crippen molar-refractivity contribution in [1.82, 2.24) is 9.88 Å². The third-order valence-corrected chi connectivity index (χ3v) is 8.07. The number of hydrogen-bond donors (Lipinski definition) is 0. The zero-order valence-electron chi connectivity index (χ0n) is 19.1. The number of ether oxygens (including phenoxy) is 2. The van der Waals surface area contributed by atoms with Gasteiger partial charge in [0.05, 0.1) is 25.2 Å². The molecule has 3 aliphatic rings. The van der Waals surface area contributed by atoms with Crippen LogP contribution < -0.4 is 4.74 Å². The van der Waals surface area contributed by atoms with E-state index < -0.39 is 0 Å². The SMILES string of the molecule is COc1ccc(C2(C(=O)N3CCC4(CC3)CO[C@@H](Cc3ccccn3)C4)CCCC2)cc1. The Hall–Kier alpha value is -2.40. The van der Waals surface area contributed by atoms with Crippen molar-refractivity contribution in [3.8, 4) is 5.75 Å². The number of nitrogens with zero attached hydrogens (tertiary/aromatic N) is 2. The zero-order chi connectivity index (χ0) is 22.0. The largest absolute Gasteiger partial charge is 0.497 e. The van der Waals surface area contributed by atoms with E-state index in [1.54, 1.807) is 7.11 Å². The molecule has 0 radical (unpaired) electrons. The summed E-state index contributed by atoms with van der Waals surface area (Å²) in [6.07, 6.45) is 10.3. The van der Waals surface area contributed by atoms with E-state index in [-0.39, 0.29) is 16.9 Å². The molecular weight excluding hydrogens is 400 g/mol. The quantitative estimate of drug-likeness (QED) is 0.693. The maximum absolute atomic E-state index is 13.8. The molecule has 3 heterocycles. The highest BCUT2D eigenvalue weighted by molar-refractivity contribution is 5.88. The maximum atomic E-state index is 13.8. The molecule has 3 fully saturated rings. The van der Waals surface area contributed by atoms with E-state index in [9.17, 15) is 4.79 Å². The minimum absolute atomic E-state index is 0.221. The number of aromatic nitrogens is 1. The van der Waals surface area contributed by atoms with Gasteiger partial charge in [0.2, 0.25) is 5.91 Å². The number of piperidine rings is 1. The van der Waals surface area contributed by atoms with Gasteiger partial charge < -0.3 is 14.4 Å². The molecule has 0 bridgehead atoms. The fourth-order valence-electron chi connectivity index (χ4n) is 6.13. The summed E-state index contributed by atoms with van der Waals surface area (Å²) in [6, 6.07) is 14.3. The minimum Gasteiger partial charge on any atom is -0.497 e. The van der Waals surface area contributed by atoms with E-state index >= 15 is 0 Å². The first-order chi connectivity index (χ1) is 15.6. The number of hydrogen-bond acceptors (Lipinski definition) is 4. The van der Waals surface area contributed by atoms with Crippen LogP contribution in [0.3, 0.4) is 0 Å². The smallest absolute Gasteiger partial charge is 0.233 e. The van der Waals surface area contributed by atoms with Gasteiger partial charge in [0.1, 0.15) is 5.75 Å². The van der Waals surface area contributed by atoms with E-state index in [0.717, 1.165) is 88.1 Å². The third kappa shape index (κ3) is 4.03. The predicted molar refractivity (Wildman–Crippen MR) is 124 cm³/mol. The second-order valence-corrected chi connectivity index (χ2v) is 9.97. The van der Waals surface area contributed by atoms with E-state index in [1.165, 1.54) is 0 Å². The molecule has 0 N–H and O–H groups in total. The standard InChI is InChI=1S/C27H34N2O3/c1-31-23-9-7-21(8-10-23)27(11-3-4-12-27)25(30)29-16-13-26(14-17-29)19-24(32-20-26)18-22-6-2-5-15-28-22/h2,5-10,15,24H,3-4,11-14,16-20H2,1H3/t24-/m0/s1. The second-order valence-electron chi connectivity index (χ2n) is 9.97. The van der Waals surface area contributed by atoms with Gasteiger partial charge in [-0.1, -0.05) is 31.0 Å². The van der Waals surface area contributed by atoms with Gasteiger partial charge in [0.15, 0.2) is 0 Å². The average molecular weight is 435 g/mol. The van der Waals surface area contributed by atoms with Crippen molar-refractivity contribution in [3.63, 3.8) is 0 Å². The first-order valence-electron chi connectivity index (χ1n) is 12.1. The fourth-order valence-corrected chi connectivity index (χ4v) is 6.13. The summed E-state index contributed by atoms with van der Waals surface area (Å²) in [6.45, 7) is 2.50. The van der Waals surface area contributed by atoms with Gasteiger partial charge in [-0.3, -0.25) is 9.78 Å². The van der Waals surface area contributed by atoms with Crippen LogP contribution in [-0.4, -0.2) is 48.7 Å². The van der Waals surface area contributed by atoms with Crippen molar-refractivity contribution in [2.75, 3.05) is 26.8 Å². The van der Waals surface area contributed by atoms with Crippen LogP contribution in [0, 0.1) is 5.41 Å². The summed E-state index contributed by atoms with van der Waals surface area (Å²) in [5, 5.41) is 0. The second kappa shape index (κ2) is 8.86. The number of likely N-dealkylation sites (tertiary alicyclic amines) is 1. The fraction of sp³-hybridized carbons (Fsp3) is 0.556. The van der Waals surface area contributed by atoms with Crippen molar-refractivity contribution >= 4 is 5.91 Å². The van der Waals surface area contributed by atoms with Crippen molar-refractivity contribution in [2.24, 2.45) is 5.41 Å². The lowest BCUT2D eigenvalue weighted by Gasteiger charge is -2.42. The molecule has 32 heavy (non-hydrogen) atoms. The molecule has 5 nitrogen and oxygen atoms in total. The van der Waals surface area contributed by atoms with Crippen LogP contribution in [0.2, 0.25) is 0 Å². The molecule has 2 aliphatic heterocycles. The predicted octanol–water partition coefficient (Wildman–Crippen LogP) is 4.54. The van der Waals surface area contributed by atoms with E-state index in [1.807, 2.05) is 30.5 Å². The number of pyridine rings is 1. The molecule has 1 atom stereocenters. The van der Waals surface area contributed by atoms with Crippen molar-refractivity contribution < 1.29 is 14.3 Å². The molecule has 170 valence electrons. The van der Waals surface area contributed by atoms with E-state index in [2.05, 4.69) is 28.1 Å². The molecule has 5 heteroatoms. The highest BCUT2D eigenvalue weighted by Gasteiger charge is 2.48. The van der Waals surface area contributed by atoms with Crippen LogP contribution >= 0.6 is 0 Å². The van der Waals surface area contributed by atoms with Crippen LogP contribution in [0.25, 0.3) is 0 Å². The Kier molecular flexibility index (Phi) is 5.93. The molecule has 5 rings (SSSR count). The average Bonchev–Trinajstić information content (AvgIpc) is 3.49. The Labute approximate surface area is 191 Å². The van der Waals surface area contributed by atoms with Crippen LogP contribution in [-0.2, 0) is 21.4 Å². The Morgan fingerprint density at radius 1 is 1.09 bits per heavy atom. The lowest BCUT2D eigenvalue weighted by atomic mass is 9.74.